The van der Waals surface area contributed by atoms with E-state index in [4.69, 9.17) is 9.84 Å². The summed E-state index contributed by atoms with van der Waals surface area (Å²) in [6.07, 6.45) is 1.31. The van der Waals surface area contributed by atoms with E-state index in [9.17, 15) is 9.59 Å². The maximum Gasteiger partial charge on any atom is 0.358 e. The highest BCUT2D eigenvalue weighted by Gasteiger charge is 2.13. The molecule has 2 rings (SSSR count). The number of nitrogens with one attached hydrogen (secondary N) is 1. The van der Waals surface area contributed by atoms with Gasteiger partial charge in [-0.2, -0.15) is 0 Å². The Morgan fingerprint density at radius 2 is 2.35 bits per heavy atom. The Morgan fingerprint density at radius 1 is 1.55 bits per heavy atom. The number of thiophene rings is 1. The van der Waals surface area contributed by atoms with Crippen LogP contribution >= 0.6 is 11.3 Å². The Kier molecular flexibility index (Phi) is 4.31. The quantitative estimate of drug-likeness (QED) is 0.803. The Balaban J connectivity index is 1.86. The third-order valence-electron chi connectivity index (χ3n) is 2.44. The van der Waals surface area contributed by atoms with Crippen LogP contribution in [0.1, 0.15) is 20.2 Å². The summed E-state index contributed by atoms with van der Waals surface area (Å²) in [6, 6.07) is 1.72. The first-order valence-corrected chi connectivity index (χ1v) is 6.53. The van der Waals surface area contributed by atoms with Gasteiger partial charge in [-0.3, -0.25) is 4.79 Å². The van der Waals surface area contributed by atoms with Crippen LogP contribution in [0.25, 0.3) is 0 Å². The molecule has 2 heterocycles. The second-order valence-electron chi connectivity index (χ2n) is 3.75. The lowest BCUT2D eigenvalue weighted by atomic mass is 10.4. The number of carbonyl (C=O) groups excluding carboxylic acids is 1. The van der Waals surface area contributed by atoms with Gasteiger partial charge < -0.3 is 15.2 Å². The molecule has 8 nitrogen and oxygen atoms in total. The summed E-state index contributed by atoms with van der Waals surface area (Å²) < 4.78 is 6.41. The third-order valence-corrected chi connectivity index (χ3v) is 3.33. The van der Waals surface area contributed by atoms with Crippen molar-refractivity contribution in [1.82, 2.24) is 20.3 Å². The van der Waals surface area contributed by atoms with E-state index in [0.29, 0.717) is 23.7 Å². The van der Waals surface area contributed by atoms with Crippen molar-refractivity contribution in [3.63, 3.8) is 0 Å². The van der Waals surface area contributed by atoms with Crippen molar-refractivity contribution in [1.29, 1.82) is 0 Å². The monoisotopic (exact) mass is 296 g/mol. The maximum atomic E-state index is 11.9. The van der Waals surface area contributed by atoms with E-state index >= 15 is 0 Å². The second-order valence-corrected chi connectivity index (χ2v) is 4.66. The third kappa shape index (κ3) is 3.12. The zero-order chi connectivity index (χ0) is 14.5. The molecule has 2 aromatic rings. The van der Waals surface area contributed by atoms with Gasteiger partial charge in [0.05, 0.1) is 19.9 Å². The molecule has 0 bridgehead atoms. The highest BCUT2D eigenvalue weighted by Crippen LogP contribution is 2.23. The van der Waals surface area contributed by atoms with Gasteiger partial charge in [-0.05, 0) is 11.4 Å². The number of carboxylic acid groups (broad SMARTS) is 1. The van der Waals surface area contributed by atoms with Gasteiger partial charge in [0.1, 0.15) is 10.6 Å². The first kappa shape index (κ1) is 14.0. The summed E-state index contributed by atoms with van der Waals surface area (Å²) >= 11 is 1.29. The molecule has 2 N–H and O–H groups in total. The lowest BCUT2D eigenvalue weighted by Gasteiger charge is -2.05. The SMILES string of the molecule is COc1ccsc1C(=O)NCCn1cc(C(=O)O)nn1. The Labute approximate surface area is 118 Å². The molecule has 9 heteroatoms. The fraction of sp³-hybridized carbons (Fsp3) is 0.273. The van der Waals surface area contributed by atoms with Gasteiger partial charge in [0.2, 0.25) is 0 Å². The molecule has 106 valence electrons. The molecule has 0 spiro atoms. The Bertz CT molecular complexity index is 621. The Hall–Kier alpha value is -2.42. The molecule has 0 fully saturated rings. The van der Waals surface area contributed by atoms with Crippen LogP contribution in [0.4, 0.5) is 0 Å². The molecule has 0 saturated carbocycles. The lowest BCUT2D eigenvalue weighted by Crippen LogP contribution is -2.27. The summed E-state index contributed by atoms with van der Waals surface area (Å²) in [7, 11) is 1.50. The van der Waals surface area contributed by atoms with Gasteiger partial charge in [0, 0.05) is 6.54 Å². The standard InChI is InChI=1S/C11H12N4O4S/c1-19-8-2-5-20-9(8)10(16)12-3-4-15-6-7(11(17)18)13-14-15/h2,5-6H,3-4H2,1H3,(H,12,16)(H,17,18). The number of carboxylic acids is 1. The van der Waals surface area contributed by atoms with Gasteiger partial charge in [-0.1, -0.05) is 5.21 Å². The number of rotatable bonds is 6. The molecular formula is C11H12N4O4S. The minimum absolute atomic E-state index is 0.128. The molecule has 0 aliphatic heterocycles. The number of ether oxygens (including phenoxy) is 1. The van der Waals surface area contributed by atoms with E-state index in [0.717, 1.165) is 0 Å². The van der Waals surface area contributed by atoms with Crippen LogP contribution in [0.3, 0.4) is 0 Å². The minimum Gasteiger partial charge on any atom is -0.495 e. The van der Waals surface area contributed by atoms with Crippen LogP contribution in [0.5, 0.6) is 5.75 Å². The van der Waals surface area contributed by atoms with Crippen LogP contribution in [0.15, 0.2) is 17.6 Å². The van der Waals surface area contributed by atoms with Crippen LogP contribution in [0, 0.1) is 0 Å². The summed E-state index contributed by atoms with van der Waals surface area (Å²) in [5.41, 5.74) is -0.128. The fourth-order valence-corrected chi connectivity index (χ4v) is 2.27. The molecule has 0 aliphatic carbocycles. The summed E-state index contributed by atoms with van der Waals surface area (Å²) in [5.74, 6) is -0.847. The summed E-state index contributed by atoms with van der Waals surface area (Å²) in [5, 5.41) is 20.3. The number of amides is 1. The number of carbonyl (C=O) groups is 2. The van der Waals surface area contributed by atoms with Gasteiger partial charge in [-0.15, -0.1) is 16.4 Å². The molecule has 0 saturated heterocycles. The topological polar surface area (TPSA) is 106 Å². The van der Waals surface area contributed by atoms with Crippen molar-refractivity contribution in [2.75, 3.05) is 13.7 Å². The Morgan fingerprint density at radius 3 is 3.00 bits per heavy atom. The molecule has 1 amide bonds. The molecular weight excluding hydrogens is 284 g/mol. The highest BCUT2D eigenvalue weighted by atomic mass is 32.1. The zero-order valence-corrected chi connectivity index (χ0v) is 11.4. The molecule has 20 heavy (non-hydrogen) atoms. The predicted molar refractivity (Wildman–Crippen MR) is 70.2 cm³/mol. The molecule has 0 unspecified atom stereocenters. The number of aromatic carboxylic acids is 1. The predicted octanol–water partition coefficient (Wildman–Crippen LogP) is 0.476. The smallest absolute Gasteiger partial charge is 0.358 e. The van der Waals surface area contributed by atoms with Gasteiger partial charge in [-0.25, -0.2) is 9.48 Å². The van der Waals surface area contributed by atoms with Crippen molar-refractivity contribution in [2.45, 2.75) is 6.54 Å². The largest absolute Gasteiger partial charge is 0.495 e. The maximum absolute atomic E-state index is 11.9. The van der Waals surface area contributed by atoms with Crippen molar-refractivity contribution < 1.29 is 19.4 Å². The zero-order valence-electron chi connectivity index (χ0n) is 10.6. The number of aromatic nitrogens is 3. The van der Waals surface area contributed by atoms with E-state index in [1.165, 1.54) is 29.3 Å². The summed E-state index contributed by atoms with van der Waals surface area (Å²) in [6.45, 7) is 0.641. The van der Waals surface area contributed by atoms with E-state index in [-0.39, 0.29) is 11.6 Å². The normalized spacial score (nSPS) is 10.2. The van der Waals surface area contributed by atoms with Crippen LogP contribution in [-0.2, 0) is 6.54 Å². The van der Waals surface area contributed by atoms with E-state index < -0.39 is 5.97 Å². The first-order valence-electron chi connectivity index (χ1n) is 5.65. The van der Waals surface area contributed by atoms with Gasteiger partial charge >= 0.3 is 5.97 Å². The molecule has 2 aromatic heterocycles. The summed E-state index contributed by atoms with van der Waals surface area (Å²) in [4.78, 5) is 23.0. The van der Waals surface area contributed by atoms with E-state index in [1.54, 1.807) is 11.4 Å². The van der Waals surface area contributed by atoms with Crippen LogP contribution in [-0.4, -0.2) is 45.6 Å². The highest BCUT2D eigenvalue weighted by molar-refractivity contribution is 7.12. The average Bonchev–Trinajstić information content (AvgIpc) is 3.07. The van der Waals surface area contributed by atoms with Crippen molar-refractivity contribution in [3.8, 4) is 5.75 Å². The molecule has 0 aliphatic rings. The molecule has 0 aromatic carbocycles. The number of nitrogens with zero attached hydrogens (tertiary/aromatic N) is 3. The van der Waals surface area contributed by atoms with E-state index in [1.807, 2.05) is 0 Å². The lowest BCUT2D eigenvalue weighted by molar-refractivity contribution is 0.0690. The number of hydrogen-bond acceptors (Lipinski definition) is 6. The van der Waals surface area contributed by atoms with Crippen molar-refractivity contribution in [3.05, 3.63) is 28.2 Å². The number of hydrogen-bond donors (Lipinski definition) is 2. The van der Waals surface area contributed by atoms with Gasteiger partial charge in [0.25, 0.3) is 5.91 Å². The average molecular weight is 296 g/mol. The molecule has 0 radical (unpaired) electrons. The minimum atomic E-state index is -1.14. The second kappa shape index (κ2) is 6.15. The first-order chi connectivity index (χ1) is 9.61. The van der Waals surface area contributed by atoms with Crippen LogP contribution in [0.2, 0.25) is 0 Å². The van der Waals surface area contributed by atoms with Crippen LogP contribution < -0.4 is 10.1 Å². The fourth-order valence-electron chi connectivity index (χ4n) is 1.49. The number of methoxy groups -OCH3 is 1. The molecule has 0 atom stereocenters. The van der Waals surface area contributed by atoms with Crippen molar-refractivity contribution in [2.24, 2.45) is 0 Å². The van der Waals surface area contributed by atoms with Gasteiger partial charge in [0.15, 0.2) is 5.69 Å². The van der Waals surface area contributed by atoms with Crippen molar-refractivity contribution >= 4 is 23.2 Å². The van der Waals surface area contributed by atoms with E-state index in [2.05, 4.69) is 15.6 Å².